The number of thiophene rings is 1. The molecule has 1 aromatic heterocycles. The monoisotopic (exact) mass is 519 g/mol. The molecule has 2 aromatic rings. The lowest BCUT2D eigenvalue weighted by atomic mass is 10.1. The molecule has 184 valence electrons. The van der Waals surface area contributed by atoms with Crippen molar-refractivity contribution >= 4 is 46.6 Å². The number of nitrogens with one attached hydrogen (secondary N) is 2. The number of rotatable bonds is 6. The van der Waals surface area contributed by atoms with Crippen LogP contribution in [0, 0.1) is 5.41 Å². The summed E-state index contributed by atoms with van der Waals surface area (Å²) >= 11 is 6.99. The molecule has 3 N–H and O–H groups in total. The number of ether oxygens (including phenoxy) is 1. The molecule has 3 rings (SSSR count). The van der Waals surface area contributed by atoms with E-state index in [1.54, 1.807) is 36.4 Å². The Kier molecular flexibility index (Phi) is 9.87. The predicted octanol–water partition coefficient (Wildman–Crippen LogP) is 4.04. The molecule has 0 saturated carbocycles. The van der Waals surface area contributed by atoms with Crippen molar-refractivity contribution in [3.63, 3.8) is 0 Å². The fraction of sp³-hybridized carbons (Fsp3) is 0.333. The van der Waals surface area contributed by atoms with Crippen LogP contribution in [0.5, 0.6) is 0 Å². The molecule has 1 saturated heterocycles. The maximum Gasteiger partial charge on any atom is 0.490 e. The van der Waals surface area contributed by atoms with Crippen LogP contribution in [0.2, 0.25) is 4.34 Å². The second kappa shape index (κ2) is 12.4. The normalized spacial score (nSPS) is 13.0. The summed E-state index contributed by atoms with van der Waals surface area (Å²) in [5.41, 5.74) is 1.21. The lowest BCUT2D eigenvalue weighted by Gasteiger charge is -2.18. The van der Waals surface area contributed by atoms with Gasteiger partial charge in [-0.1, -0.05) is 23.7 Å². The number of carbonyl (C=O) groups is 3. The summed E-state index contributed by atoms with van der Waals surface area (Å²) in [6.07, 6.45) is -2.86. The van der Waals surface area contributed by atoms with Crippen LogP contribution in [-0.4, -0.2) is 66.1 Å². The maximum absolute atomic E-state index is 12.1. The summed E-state index contributed by atoms with van der Waals surface area (Å²) in [6, 6.07) is 10.2. The predicted molar refractivity (Wildman–Crippen MR) is 120 cm³/mol. The SMILES string of the molecule is N=C(c1ccc(C(=O)OCCNC(=O)c2ccc(Cl)s2)cc1)N1CCCC1.O=C(O)C(F)(F)F. The molecule has 1 aliphatic heterocycles. The number of carboxylic acid groups (broad SMARTS) is 1. The van der Waals surface area contributed by atoms with Gasteiger partial charge in [0.05, 0.1) is 21.3 Å². The molecule has 0 radical (unpaired) electrons. The molecule has 0 atom stereocenters. The van der Waals surface area contributed by atoms with Gasteiger partial charge in [-0.2, -0.15) is 13.2 Å². The Morgan fingerprint density at radius 2 is 1.65 bits per heavy atom. The van der Waals surface area contributed by atoms with Gasteiger partial charge in [-0.3, -0.25) is 10.2 Å². The molecule has 13 heteroatoms. The highest BCUT2D eigenvalue weighted by Crippen LogP contribution is 2.21. The van der Waals surface area contributed by atoms with E-state index in [4.69, 9.17) is 31.6 Å². The first kappa shape index (κ1) is 27.1. The summed E-state index contributed by atoms with van der Waals surface area (Å²) in [7, 11) is 0. The van der Waals surface area contributed by atoms with Gasteiger partial charge in [0.25, 0.3) is 5.91 Å². The average molecular weight is 520 g/mol. The first-order valence-corrected chi connectivity index (χ1v) is 11.1. The quantitative estimate of drug-likeness (QED) is 0.229. The zero-order chi connectivity index (χ0) is 25.3. The van der Waals surface area contributed by atoms with Crippen LogP contribution >= 0.6 is 22.9 Å². The zero-order valence-electron chi connectivity index (χ0n) is 17.7. The summed E-state index contributed by atoms with van der Waals surface area (Å²) in [5, 5.41) is 18.0. The summed E-state index contributed by atoms with van der Waals surface area (Å²) < 4.78 is 37.5. The van der Waals surface area contributed by atoms with Crippen molar-refractivity contribution in [3.05, 3.63) is 56.7 Å². The van der Waals surface area contributed by atoms with Crippen molar-refractivity contribution in [2.75, 3.05) is 26.2 Å². The number of benzene rings is 1. The molecule has 1 aromatic carbocycles. The molecule has 34 heavy (non-hydrogen) atoms. The van der Waals surface area contributed by atoms with E-state index < -0.39 is 18.1 Å². The number of alkyl halides is 3. The number of carbonyl (C=O) groups excluding carboxylic acids is 2. The molecule has 8 nitrogen and oxygen atoms in total. The molecule has 1 fully saturated rings. The summed E-state index contributed by atoms with van der Waals surface area (Å²) in [6.45, 7) is 2.12. The molecule has 2 heterocycles. The van der Waals surface area contributed by atoms with E-state index in [-0.39, 0.29) is 19.1 Å². The Balaban J connectivity index is 0.000000509. The number of nitrogens with zero attached hydrogens (tertiary/aromatic N) is 1. The number of hydrogen-bond donors (Lipinski definition) is 3. The number of esters is 1. The largest absolute Gasteiger partial charge is 0.490 e. The van der Waals surface area contributed by atoms with Gasteiger partial charge in [0.1, 0.15) is 12.4 Å². The Hall–Kier alpha value is -3.12. The van der Waals surface area contributed by atoms with Crippen molar-refractivity contribution in [1.29, 1.82) is 5.41 Å². The number of carboxylic acids is 1. The highest BCUT2D eigenvalue weighted by molar-refractivity contribution is 7.18. The molecular formula is C21H21ClF3N3O5S. The number of amidine groups is 1. The van der Waals surface area contributed by atoms with Crippen molar-refractivity contribution in [2.24, 2.45) is 0 Å². The van der Waals surface area contributed by atoms with E-state index in [0.717, 1.165) is 31.5 Å². The molecule has 0 bridgehead atoms. The average Bonchev–Trinajstić information content (AvgIpc) is 3.48. The van der Waals surface area contributed by atoms with E-state index in [0.29, 0.717) is 20.6 Å². The van der Waals surface area contributed by atoms with Crippen molar-refractivity contribution in [2.45, 2.75) is 19.0 Å². The van der Waals surface area contributed by atoms with Gasteiger partial charge in [0.2, 0.25) is 0 Å². The molecular weight excluding hydrogens is 499 g/mol. The zero-order valence-corrected chi connectivity index (χ0v) is 19.2. The van der Waals surface area contributed by atoms with Crippen LogP contribution in [0.25, 0.3) is 0 Å². The summed E-state index contributed by atoms with van der Waals surface area (Å²) in [4.78, 5) is 35.4. The van der Waals surface area contributed by atoms with Crippen LogP contribution in [-0.2, 0) is 9.53 Å². The van der Waals surface area contributed by atoms with E-state index in [9.17, 15) is 22.8 Å². The van der Waals surface area contributed by atoms with Crippen LogP contribution in [0.4, 0.5) is 13.2 Å². The summed E-state index contributed by atoms with van der Waals surface area (Å²) in [5.74, 6) is -2.97. The first-order valence-electron chi connectivity index (χ1n) is 9.93. The minimum atomic E-state index is -5.08. The molecule has 0 aliphatic carbocycles. The van der Waals surface area contributed by atoms with Crippen LogP contribution in [0.3, 0.4) is 0 Å². The van der Waals surface area contributed by atoms with Gasteiger partial charge < -0.3 is 20.1 Å². The third kappa shape index (κ3) is 8.34. The molecule has 0 spiro atoms. The van der Waals surface area contributed by atoms with Gasteiger partial charge in [-0.25, -0.2) is 9.59 Å². The Morgan fingerprint density at radius 1 is 1.09 bits per heavy atom. The Bertz CT molecular complexity index is 1020. The highest BCUT2D eigenvalue weighted by atomic mass is 35.5. The van der Waals surface area contributed by atoms with Crippen LogP contribution in [0.15, 0.2) is 36.4 Å². The molecule has 0 unspecified atom stereocenters. The van der Waals surface area contributed by atoms with E-state index in [1.165, 1.54) is 11.3 Å². The van der Waals surface area contributed by atoms with Crippen molar-refractivity contribution in [1.82, 2.24) is 10.2 Å². The number of halogens is 4. The second-order valence-electron chi connectivity index (χ2n) is 6.92. The van der Waals surface area contributed by atoms with Crippen LogP contribution in [0.1, 0.15) is 38.4 Å². The van der Waals surface area contributed by atoms with Crippen molar-refractivity contribution in [3.8, 4) is 0 Å². The number of amides is 1. The smallest absolute Gasteiger partial charge is 0.475 e. The number of aliphatic carboxylic acids is 1. The van der Waals surface area contributed by atoms with Gasteiger partial charge in [0.15, 0.2) is 0 Å². The topological polar surface area (TPSA) is 120 Å². The van der Waals surface area contributed by atoms with Crippen molar-refractivity contribution < 1.29 is 37.4 Å². The lowest BCUT2D eigenvalue weighted by molar-refractivity contribution is -0.192. The third-order valence-electron chi connectivity index (χ3n) is 4.48. The maximum atomic E-state index is 12.1. The van der Waals surface area contributed by atoms with Gasteiger partial charge >= 0.3 is 18.1 Å². The Labute approximate surface area is 201 Å². The second-order valence-corrected chi connectivity index (χ2v) is 8.63. The van der Waals surface area contributed by atoms with E-state index in [2.05, 4.69) is 5.32 Å². The fourth-order valence-electron chi connectivity index (χ4n) is 2.80. The molecule has 1 aliphatic rings. The first-order chi connectivity index (χ1) is 16.0. The minimum absolute atomic E-state index is 0.0784. The van der Waals surface area contributed by atoms with Gasteiger partial charge in [0, 0.05) is 18.7 Å². The number of likely N-dealkylation sites (tertiary alicyclic amines) is 1. The van der Waals surface area contributed by atoms with Crippen LogP contribution < -0.4 is 5.32 Å². The highest BCUT2D eigenvalue weighted by Gasteiger charge is 2.38. The van der Waals surface area contributed by atoms with Gasteiger partial charge in [-0.15, -0.1) is 11.3 Å². The van der Waals surface area contributed by atoms with E-state index in [1.807, 2.05) is 4.90 Å². The number of hydrogen-bond acceptors (Lipinski definition) is 6. The third-order valence-corrected chi connectivity index (χ3v) is 5.71. The minimum Gasteiger partial charge on any atom is -0.475 e. The fourth-order valence-corrected chi connectivity index (χ4v) is 3.76. The Morgan fingerprint density at radius 3 is 2.15 bits per heavy atom. The van der Waals surface area contributed by atoms with Gasteiger partial charge in [-0.05, 0) is 37.1 Å². The molecule has 1 amide bonds. The standard InChI is InChI=1S/C19H20ClN3O3S.C2HF3O2/c20-16-8-7-15(27-16)18(24)22-9-12-26-19(25)14-5-3-13(4-6-14)17(21)23-10-1-2-11-23;3-2(4,5)1(6)7/h3-8,21H,1-2,9-12H2,(H,22,24);(H,6,7). The lowest BCUT2D eigenvalue weighted by Crippen LogP contribution is -2.28. The van der Waals surface area contributed by atoms with E-state index >= 15 is 0 Å².